The van der Waals surface area contributed by atoms with Crippen LogP contribution in [-0.2, 0) is 16.6 Å². The maximum absolute atomic E-state index is 13.7. The Balaban J connectivity index is 1.53. The Morgan fingerprint density at radius 2 is 1.52 bits per heavy atom. The molecule has 6 nitrogen and oxygen atoms in total. The molecule has 0 bridgehead atoms. The lowest BCUT2D eigenvalue weighted by molar-refractivity contribution is 0.422. The van der Waals surface area contributed by atoms with Crippen LogP contribution >= 0.6 is 11.3 Å². The monoisotopic (exact) mass is 473 g/mol. The second kappa shape index (κ2) is 9.01. The number of hydrogen-bond acceptors (Lipinski definition) is 6. The largest absolute Gasteiger partial charge is 0.364 e. The third-order valence-corrected chi connectivity index (χ3v) is 8.05. The average molecular weight is 474 g/mol. The van der Waals surface area contributed by atoms with E-state index in [-0.39, 0.29) is 11.4 Å². The van der Waals surface area contributed by atoms with E-state index in [9.17, 15) is 8.42 Å². The van der Waals surface area contributed by atoms with E-state index in [2.05, 4.69) is 10.1 Å². The molecule has 0 unspecified atom stereocenters. The van der Waals surface area contributed by atoms with Gasteiger partial charge in [-0.2, -0.15) is 0 Å². The smallest absolute Gasteiger partial charge is 0.266 e. The van der Waals surface area contributed by atoms with Crippen molar-refractivity contribution in [2.24, 2.45) is 0 Å². The first-order valence-corrected chi connectivity index (χ1v) is 12.5. The minimum atomic E-state index is -3.87. The van der Waals surface area contributed by atoms with Gasteiger partial charge in [-0.15, -0.1) is 0 Å². The zero-order valence-electron chi connectivity index (χ0n) is 17.4. The van der Waals surface area contributed by atoms with Crippen molar-refractivity contribution < 1.29 is 12.9 Å². The third-order valence-electron chi connectivity index (χ3n) is 5.11. The molecule has 0 aliphatic heterocycles. The van der Waals surface area contributed by atoms with Crippen molar-refractivity contribution in [3.63, 3.8) is 0 Å². The van der Waals surface area contributed by atoms with Crippen molar-refractivity contribution in [2.45, 2.75) is 11.4 Å². The molecule has 2 heterocycles. The second-order valence-corrected chi connectivity index (χ2v) is 10.2. The molecule has 0 spiro atoms. The van der Waals surface area contributed by atoms with Crippen LogP contribution in [-0.4, -0.2) is 18.6 Å². The SMILES string of the molecule is O=S(=O)(c1ccc(-c2ccon2)cc1)N(Cc1ccccc1)c1ncc(-c2ccccc2)s1. The molecule has 164 valence electrons. The summed E-state index contributed by atoms with van der Waals surface area (Å²) in [4.78, 5) is 5.57. The summed E-state index contributed by atoms with van der Waals surface area (Å²) in [7, 11) is -3.87. The number of benzene rings is 3. The highest BCUT2D eigenvalue weighted by Gasteiger charge is 2.28. The van der Waals surface area contributed by atoms with Crippen molar-refractivity contribution in [2.75, 3.05) is 4.31 Å². The van der Waals surface area contributed by atoms with Crippen molar-refractivity contribution in [3.8, 4) is 21.7 Å². The minimum absolute atomic E-state index is 0.177. The molecule has 0 N–H and O–H groups in total. The fraction of sp³-hybridized carbons (Fsp3) is 0.0400. The van der Waals surface area contributed by atoms with E-state index in [1.807, 2.05) is 60.7 Å². The average Bonchev–Trinajstić information content (AvgIpc) is 3.57. The molecule has 5 aromatic rings. The fourth-order valence-corrected chi connectivity index (χ4v) is 5.95. The molecular formula is C25H19N3O3S2. The maximum Gasteiger partial charge on any atom is 0.266 e. The molecule has 0 atom stereocenters. The van der Waals surface area contributed by atoms with Crippen LogP contribution in [0.25, 0.3) is 21.7 Å². The first kappa shape index (κ1) is 21.1. The van der Waals surface area contributed by atoms with Gasteiger partial charge in [0.05, 0.1) is 16.3 Å². The van der Waals surface area contributed by atoms with Crippen molar-refractivity contribution in [1.82, 2.24) is 10.1 Å². The third kappa shape index (κ3) is 4.44. The van der Waals surface area contributed by atoms with Gasteiger partial charge < -0.3 is 4.52 Å². The Morgan fingerprint density at radius 1 is 0.818 bits per heavy atom. The molecule has 0 saturated carbocycles. The molecular weight excluding hydrogens is 454 g/mol. The summed E-state index contributed by atoms with van der Waals surface area (Å²) in [6, 6.07) is 27.7. The fourth-order valence-electron chi connectivity index (χ4n) is 3.41. The van der Waals surface area contributed by atoms with Crippen LogP contribution in [0.4, 0.5) is 5.13 Å². The number of rotatable bonds is 7. The molecule has 0 aliphatic rings. The molecule has 33 heavy (non-hydrogen) atoms. The molecule has 0 saturated heterocycles. The predicted octanol–water partition coefficient (Wildman–Crippen LogP) is 5.86. The predicted molar refractivity (Wildman–Crippen MR) is 129 cm³/mol. The Labute approximate surface area is 195 Å². The standard InChI is InChI=1S/C25H19N3O3S2/c29-33(30,22-13-11-20(12-14-22)23-15-16-31-27-23)28(18-19-7-3-1-4-8-19)25-26-17-24(32-25)21-9-5-2-6-10-21/h1-17H,18H2. The summed E-state index contributed by atoms with van der Waals surface area (Å²) in [6.45, 7) is 0.177. The Kier molecular flexibility index (Phi) is 5.77. The van der Waals surface area contributed by atoms with Gasteiger partial charge in [-0.1, -0.05) is 89.3 Å². The molecule has 0 amide bonds. The van der Waals surface area contributed by atoms with Crippen LogP contribution in [0.5, 0.6) is 0 Å². The molecule has 2 aromatic heterocycles. The quantitative estimate of drug-likeness (QED) is 0.296. The summed E-state index contributed by atoms with van der Waals surface area (Å²) in [6.07, 6.45) is 3.20. The van der Waals surface area contributed by atoms with Gasteiger partial charge in [0, 0.05) is 17.8 Å². The summed E-state index contributed by atoms with van der Waals surface area (Å²) < 4.78 is 33.7. The van der Waals surface area contributed by atoms with Gasteiger partial charge >= 0.3 is 0 Å². The van der Waals surface area contributed by atoms with Crippen LogP contribution in [0.2, 0.25) is 0 Å². The zero-order chi connectivity index (χ0) is 22.7. The topological polar surface area (TPSA) is 76.3 Å². The maximum atomic E-state index is 13.7. The number of anilines is 1. The van der Waals surface area contributed by atoms with E-state index in [1.54, 1.807) is 36.5 Å². The Morgan fingerprint density at radius 3 is 2.18 bits per heavy atom. The molecule has 5 rings (SSSR count). The number of nitrogens with zero attached hydrogens (tertiary/aromatic N) is 3. The summed E-state index contributed by atoms with van der Waals surface area (Å²) >= 11 is 1.35. The molecule has 8 heteroatoms. The van der Waals surface area contributed by atoms with Crippen molar-refractivity contribution in [3.05, 3.63) is 109 Å². The van der Waals surface area contributed by atoms with Crippen LogP contribution in [0.1, 0.15) is 5.56 Å². The van der Waals surface area contributed by atoms with E-state index in [0.717, 1.165) is 21.6 Å². The molecule has 3 aromatic carbocycles. The first-order chi connectivity index (χ1) is 16.1. The van der Waals surface area contributed by atoms with Gasteiger partial charge in [-0.05, 0) is 23.3 Å². The van der Waals surface area contributed by atoms with Crippen molar-refractivity contribution >= 4 is 26.5 Å². The highest BCUT2D eigenvalue weighted by molar-refractivity contribution is 7.93. The number of thiazole rings is 1. The van der Waals surface area contributed by atoms with Crippen LogP contribution in [0.15, 0.2) is 113 Å². The molecule has 0 radical (unpaired) electrons. The lowest BCUT2D eigenvalue weighted by Gasteiger charge is -2.22. The van der Waals surface area contributed by atoms with Gasteiger partial charge in [0.15, 0.2) is 5.13 Å². The van der Waals surface area contributed by atoms with Crippen LogP contribution < -0.4 is 4.31 Å². The van der Waals surface area contributed by atoms with Crippen molar-refractivity contribution in [1.29, 1.82) is 0 Å². The normalized spacial score (nSPS) is 11.4. The highest BCUT2D eigenvalue weighted by Crippen LogP contribution is 2.35. The Bertz CT molecular complexity index is 1430. The zero-order valence-corrected chi connectivity index (χ0v) is 19.0. The molecule has 0 fully saturated rings. The van der Waals surface area contributed by atoms with E-state index in [1.165, 1.54) is 21.9 Å². The summed E-state index contributed by atoms with van der Waals surface area (Å²) in [5, 5.41) is 4.32. The number of aromatic nitrogens is 2. The minimum Gasteiger partial charge on any atom is -0.364 e. The molecule has 0 aliphatic carbocycles. The van der Waals surface area contributed by atoms with Crippen LogP contribution in [0.3, 0.4) is 0 Å². The number of sulfonamides is 1. The van der Waals surface area contributed by atoms with Crippen LogP contribution in [0, 0.1) is 0 Å². The van der Waals surface area contributed by atoms with Gasteiger partial charge in [0.25, 0.3) is 10.0 Å². The first-order valence-electron chi connectivity index (χ1n) is 10.2. The highest BCUT2D eigenvalue weighted by atomic mass is 32.2. The van der Waals surface area contributed by atoms with E-state index in [4.69, 9.17) is 4.52 Å². The van der Waals surface area contributed by atoms with E-state index >= 15 is 0 Å². The lowest BCUT2D eigenvalue weighted by atomic mass is 10.2. The van der Waals surface area contributed by atoms with E-state index in [0.29, 0.717) is 10.8 Å². The van der Waals surface area contributed by atoms with Gasteiger partial charge in [0.2, 0.25) is 0 Å². The second-order valence-electron chi connectivity index (χ2n) is 7.28. The summed E-state index contributed by atoms with van der Waals surface area (Å²) in [5.74, 6) is 0. The van der Waals surface area contributed by atoms with Gasteiger partial charge in [0.1, 0.15) is 12.0 Å². The van der Waals surface area contributed by atoms with E-state index < -0.39 is 10.0 Å². The number of hydrogen-bond donors (Lipinski definition) is 0. The lowest BCUT2D eigenvalue weighted by Crippen LogP contribution is -2.30. The van der Waals surface area contributed by atoms with Gasteiger partial charge in [-0.3, -0.25) is 0 Å². The Hall–Kier alpha value is -3.75. The van der Waals surface area contributed by atoms with Gasteiger partial charge in [-0.25, -0.2) is 17.7 Å². The summed E-state index contributed by atoms with van der Waals surface area (Å²) in [5.41, 5.74) is 3.29.